The minimum absolute atomic E-state index is 1.07. The number of nitrogens with zero attached hydrogens (tertiary/aromatic N) is 2. The van der Waals surface area contributed by atoms with Gasteiger partial charge in [0.05, 0.1) is 6.67 Å². The van der Waals surface area contributed by atoms with Crippen LogP contribution in [0.5, 0.6) is 0 Å². The lowest BCUT2D eigenvalue weighted by Gasteiger charge is -2.17. The first-order chi connectivity index (χ1) is 6.83. The minimum atomic E-state index is -5.14. The van der Waals surface area contributed by atoms with Gasteiger partial charge >= 0.3 is 7.91 Å². The summed E-state index contributed by atoms with van der Waals surface area (Å²) in [7, 11) is -3.04. The number of rotatable bonds is 3. The van der Waals surface area contributed by atoms with Crippen molar-refractivity contribution < 1.29 is 18.5 Å². The van der Waals surface area contributed by atoms with Crippen LogP contribution in [-0.4, -0.2) is 39.8 Å². The Morgan fingerprint density at radius 1 is 1.47 bits per heavy atom. The van der Waals surface area contributed by atoms with Crippen molar-refractivity contribution >= 4 is 7.91 Å². The van der Waals surface area contributed by atoms with Crippen LogP contribution < -0.4 is 0 Å². The van der Waals surface area contributed by atoms with Gasteiger partial charge in [-0.3, -0.25) is 9.79 Å². The Labute approximate surface area is 89.5 Å². The van der Waals surface area contributed by atoms with E-state index in [1.165, 1.54) is 19.4 Å². The molecule has 0 fully saturated rings. The lowest BCUT2D eigenvalue weighted by atomic mass is 10.3. The van der Waals surface area contributed by atoms with Crippen molar-refractivity contribution in [3.63, 3.8) is 0 Å². The van der Waals surface area contributed by atoms with Gasteiger partial charge in [-0.1, -0.05) is 13.3 Å². The maximum absolute atomic E-state index is 10.4. The van der Waals surface area contributed by atoms with Gasteiger partial charge in [0.1, 0.15) is 0 Å². The summed E-state index contributed by atoms with van der Waals surface area (Å²) in [4.78, 5) is 18.5. The van der Waals surface area contributed by atoms with Gasteiger partial charge in [0.2, 0.25) is 0 Å². The van der Waals surface area contributed by atoms with Gasteiger partial charge in [-0.15, -0.1) is 4.20 Å². The van der Waals surface area contributed by atoms with Crippen LogP contribution >= 0.6 is 7.91 Å². The Morgan fingerprint density at radius 2 is 2.00 bits per heavy atom. The van der Waals surface area contributed by atoms with E-state index in [0.717, 1.165) is 6.67 Å². The first-order valence-corrected chi connectivity index (χ1v) is 6.21. The van der Waals surface area contributed by atoms with Gasteiger partial charge in [-0.05, 0) is 6.42 Å². The second kappa shape index (κ2) is 6.82. The SMILES string of the molecule is CCCCN1C=CN(C)C1.O=P(O)(O)F. The second-order valence-corrected chi connectivity index (χ2v) is 4.28. The summed E-state index contributed by atoms with van der Waals surface area (Å²) < 4.78 is 19.0. The number of hydrogen-bond donors (Lipinski definition) is 2. The van der Waals surface area contributed by atoms with Crippen LogP contribution in [0.15, 0.2) is 12.4 Å². The zero-order chi connectivity index (χ0) is 11.9. The summed E-state index contributed by atoms with van der Waals surface area (Å²) >= 11 is 0. The standard InChI is InChI=1S/C8H16N2.FH2O3P/c1-3-4-5-10-7-6-9(2)8-10;1-5(2,3)4/h6-7H,3-5,8H2,1-2H3;(H2,2,3,4). The predicted octanol–water partition coefficient (Wildman–Crippen LogP) is 1.51. The van der Waals surface area contributed by atoms with E-state index in [1.807, 2.05) is 0 Å². The van der Waals surface area contributed by atoms with Gasteiger partial charge < -0.3 is 9.80 Å². The second-order valence-electron chi connectivity index (χ2n) is 3.34. The maximum atomic E-state index is 10.4. The van der Waals surface area contributed by atoms with Crippen LogP contribution in [0.3, 0.4) is 0 Å². The van der Waals surface area contributed by atoms with E-state index in [1.54, 1.807) is 0 Å². The molecule has 0 bridgehead atoms. The highest BCUT2D eigenvalue weighted by atomic mass is 31.2. The molecule has 0 aromatic carbocycles. The van der Waals surface area contributed by atoms with E-state index in [9.17, 15) is 4.20 Å². The van der Waals surface area contributed by atoms with Gasteiger partial charge in [0, 0.05) is 26.0 Å². The first-order valence-electron chi connectivity index (χ1n) is 4.70. The molecule has 0 aliphatic carbocycles. The van der Waals surface area contributed by atoms with Crippen LogP contribution in [0.4, 0.5) is 4.20 Å². The third-order valence-corrected chi connectivity index (χ3v) is 1.74. The van der Waals surface area contributed by atoms with Crippen molar-refractivity contribution in [3.05, 3.63) is 12.4 Å². The Kier molecular flexibility index (Phi) is 6.56. The van der Waals surface area contributed by atoms with Gasteiger partial charge in [-0.25, -0.2) is 4.57 Å². The summed E-state index contributed by atoms with van der Waals surface area (Å²) in [5, 5.41) is 0. The molecule has 7 heteroatoms. The molecule has 0 saturated heterocycles. The molecule has 0 radical (unpaired) electrons. The predicted molar refractivity (Wildman–Crippen MR) is 56.5 cm³/mol. The van der Waals surface area contributed by atoms with Crippen molar-refractivity contribution in [2.24, 2.45) is 0 Å². The molecular weight excluding hydrogens is 222 g/mol. The molecule has 0 aromatic rings. The molecule has 0 aromatic heterocycles. The molecular formula is C8H18FN2O3P. The summed E-state index contributed by atoms with van der Waals surface area (Å²) in [6, 6.07) is 0. The first kappa shape index (κ1) is 14.4. The lowest BCUT2D eigenvalue weighted by Crippen LogP contribution is -2.23. The van der Waals surface area contributed by atoms with E-state index in [2.05, 4.69) is 36.2 Å². The van der Waals surface area contributed by atoms with Gasteiger partial charge in [-0.2, -0.15) is 0 Å². The summed E-state index contributed by atoms with van der Waals surface area (Å²) in [6.07, 6.45) is 6.87. The summed E-state index contributed by atoms with van der Waals surface area (Å²) in [6.45, 7) is 4.50. The number of halogens is 1. The van der Waals surface area contributed by atoms with Crippen molar-refractivity contribution in [3.8, 4) is 0 Å². The molecule has 0 amide bonds. The van der Waals surface area contributed by atoms with Gasteiger partial charge in [0.25, 0.3) is 0 Å². The largest absolute Gasteiger partial charge is 0.507 e. The number of unbranched alkanes of at least 4 members (excludes halogenated alkanes) is 1. The van der Waals surface area contributed by atoms with Crippen LogP contribution in [0.1, 0.15) is 19.8 Å². The van der Waals surface area contributed by atoms with E-state index < -0.39 is 7.91 Å². The number of hydrogen-bond acceptors (Lipinski definition) is 3. The smallest absolute Gasteiger partial charge is 0.362 e. The lowest BCUT2D eigenvalue weighted by molar-refractivity contribution is 0.293. The zero-order valence-corrected chi connectivity index (χ0v) is 9.90. The van der Waals surface area contributed by atoms with Crippen LogP contribution in [0.2, 0.25) is 0 Å². The maximum Gasteiger partial charge on any atom is 0.507 e. The molecule has 90 valence electrons. The Balaban J connectivity index is 0.000000336. The normalized spacial score (nSPS) is 15.3. The monoisotopic (exact) mass is 240 g/mol. The fraction of sp³-hybridized carbons (Fsp3) is 0.750. The fourth-order valence-corrected chi connectivity index (χ4v) is 1.10. The molecule has 0 spiro atoms. The molecule has 0 unspecified atom stereocenters. The highest BCUT2D eigenvalue weighted by molar-refractivity contribution is 7.45. The average molecular weight is 240 g/mol. The highest BCUT2D eigenvalue weighted by Crippen LogP contribution is 2.34. The van der Waals surface area contributed by atoms with Crippen molar-refractivity contribution in [2.45, 2.75) is 19.8 Å². The molecule has 15 heavy (non-hydrogen) atoms. The van der Waals surface area contributed by atoms with Crippen LogP contribution in [-0.2, 0) is 4.57 Å². The Morgan fingerprint density at radius 3 is 2.33 bits per heavy atom. The topological polar surface area (TPSA) is 64.0 Å². The minimum Gasteiger partial charge on any atom is -0.362 e. The zero-order valence-electron chi connectivity index (χ0n) is 9.01. The molecule has 1 heterocycles. The molecule has 1 rings (SSSR count). The van der Waals surface area contributed by atoms with Gasteiger partial charge in [0.15, 0.2) is 0 Å². The van der Waals surface area contributed by atoms with E-state index in [-0.39, 0.29) is 0 Å². The molecule has 0 atom stereocenters. The Hall–Kier alpha value is -0.580. The third kappa shape index (κ3) is 11.3. The molecule has 0 saturated carbocycles. The van der Waals surface area contributed by atoms with E-state index in [0.29, 0.717) is 0 Å². The molecule has 5 nitrogen and oxygen atoms in total. The quantitative estimate of drug-likeness (QED) is 0.732. The molecule has 1 aliphatic rings. The van der Waals surface area contributed by atoms with Crippen molar-refractivity contribution in [1.29, 1.82) is 0 Å². The molecule has 1 aliphatic heterocycles. The van der Waals surface area contributed by atoms with E-state index in [4.69, 9.17) is 14.4 Å². The highest BCUT2D eigenvalue weighted by Gasteiger charge is 2.05. The Bertz CT molecular complexity index is 236. The van der Waals surface area contributed by atoms with Crippen LogP contribution in [0, 0.1) is 0 Å². The summed E-state index contributed by atoms with van der Waals surface area (Å²) in [5.74, 6) is 0. The fourth-order valence-electron chi connectivity index (χ4n) is 1.10. The molecule has 2 N–H and O–H groups in total. The van der Waals surface area contributed by atoms with Crippen LogP contribution in [0.25, 0.3) is 0 Å². The summed E-state index contributed by atoms with van der Waals surface area (Å²) in [5.41, 5.74) is 0. The van der Waals surface area contributed by atoms with E-state index >= 15 is 0 Å². The average Bonchev–Trinajstić information content (AvgIpc) is 2.45. The van der Waals surface area contributed by atoms with Crippen molar-refractivity contribution in [2.75, 3.05) is 20.3 Å². The van der Waals surface area contributed by atoms with Crippen molar-refractivity contribution in [1.82, 2.24) is 9.80 Å². The third-order valence-electron chi connectivity index (χ3n) is 1.74.